The fourth-order valence-electron chi connectivity index (χ4n) is 3.56. The summed E-state index contributed by atoms with van der Waals surface area (Å²) in [4.78, 5) is 0. The highest BCUT2D eigenvalue weighted by Gasteiger charge is 2.49. The molecule has 5 heteroatoms. The number of rotatable bonds is 4. The van der Waals surface area contributed by atoms with Crippen LogP contribution in [0.15, 0.2) is 0 Å². The van der Waals surface area contributed by atoms with Crippen molar-refractivity contribution in [2.24, 2.45) is 11.3 Å². The number of aliphatic hydroxyl groups excluding tert-OH is 1. The van der Waals surface area contributed by atoms with Gasteiger partial charge in [-0.25, -0.2) is 0 Å². The molecule has 0 aliphatic heterocycles. The quantitative estimate of drug-likeness (QED) is 0.762. The lowest BCUT2D eigenvalue weighted by molar-refractivity contribution is 0.137. The van der Waals surface area contributed by atoms with E-state index in [1.165, 1.54) is 12.8 Å². The molecule has 2 saturated carbocycles. The molecule has 0 aromatic carbocycles. The molecule has 0 aromatic heterocycles. The maximum Gasteiger partial charge on any atom is 0.264 e. The summed E-state index contributed by atoms with van der Waals surface area (Å²) < 4.78 is 26.6. The molecular formula is C11H20O4S. The highest BCUT2D eigenvalue weighted by atomic mass is 32.2. The standard InChI is InChI=1S/C11H20O4S/c1-16(13,14)15-6-5-11-4-2-3-9(11)7-10(12)8-11/h9-10,12H,2-8H2,1H3. The molecular weight excluding hydrogens is 228 g/mol. The molecule has 2 rings (SSSR count). The summed E-state index contributed by atoms with van der Waals surface area (Å²) in [6.07, 6.45) is 6.86. The van der Waals surface area contributed by atoms with E-state index in [9.17, 15) is 13.5 Å². The van der Waals surface area contributed by atoms with Crippen LogP contribution in [0.25, 0.3) is 0 Å². The molecule has 0 radical (unpaired) electrons. The molecule has 1 N–H and O–H groups in total. The van der Waals surface area contributed by atoms with Gasteiger partial charge in [0.1, 0.15) is 0 Å². The summed E-state index contributed by atoms with van der Waals surface area (Å²) in [5.74, 6) is 0.575. The Morgan fingerprint density at radius 1 is 1.50 bits per heavy atom. The van der Waals surface area contributed by atoms with Crippen molar-refractivity contribution in [2.45, 2.75) is 44.6 Å². The Labute approximate surface area is 97.1 Å². The van der Waals surface area contributed by atoms with E-state index in [4.69, 9.17) is 4.18 Å². The van der Waals surface area contributed by atoms with E-state index in [0.717, 1.165) is 31.9 Å². The van der Waals surface area contributed by atoms with Crippen LogP contribution in [-0.4, -0.2) is 32.5 Å². The average molecular weight is 248 g/mol. The van der Waals surface area contributed by atoms with E-state index in [0.29, 0.717) is 5.92 Å². The van der Waals surface area contributed by atoms with Crippen LogP contribution in [0.2, 0.25) is 0 Å². The molecule has 3 unspecified atom stereocenters. The summed E-state index contributed by atoms with van der Waals surface area (Å²) in [6, 6.07) is 0. The minimum absolute atomic E-state index is 0.157. The van der Waals surface area contributed by atoms with Crippen molar-refractivity contribution in [3.8, 4) is 0 Å². The first-order valence-electron chi connectivity index (χ1n) is 5.94. The predicted molar refractivity (Wildman–Crippen MR) is 60.4 cm³/mol. The molecule has 0 spiro atoms. The van der Waals surface area contributed by atoms with E-state index in [-0.39, 0.29) is 18.1 Å². The molecule has 0 amide bonds. The normalized spacial score (nSPS) is 38.9. The second kappa shape index (κ2) is 4.27. The van der Waals surface area contributed by atoms with Crippen LogP contribution in [0.4, 0.5) is 0 Å². The summed E-state index contributed by atoms with van der Waals surface area (Å²) in [6.45, 7) is 0.266. The first-order chi connectivity index (χ1) is 7.41. The third-order valence-electron chi connectivity index (χ3n) is 4.19. The Bertz CT molecular complexity index is 351. The van der Waals surface area contributed by atoms with Crippen molar-refractivity contribution in [1.29, 1.82) is 0 Å². The van der Waals surface area contributed by atoms with Crippen molar-refractivity contribution >= 4 is 10.1 Å². The van der Waals surface area contributed by atoms with Gasteiger partial charge in [-0.2, -0.15) is 8.42 Å². The van der Waals surface area contributed by atoms with Gasteiger partial charge in [0.25, 0.3) is 10.1 Å². The minimum atomic E-state index is -3.32. The summed E-state index contributed by atoms with van der Waals surface area (Å²) >= 11 is 0. The molecule has 0 saturated heterocycles. The second-order valence-corrected chi connectivity index (χ2v) is 6.97. The minimum Gasteiger partial charge on any atom is -0.393 e. The SMILES string of the molecule is CS(=O)(=O)OCCC12CCCC1CC(O)C2. The molecule has 0 bridgehead atoms. The van der Waals surface area contributed by atoms with Crippen LogP contribution in [0.1, 0.15) is 38.5 Å². The molecule has 0 heterocycles. The van der Waals surface area contributed by atoms with Crippen LogP contribution in [0.3, 0.4) is 0 Å². The molecule has 16 heavy (non-hydrogen) atoms. The van der Waals surface area contributed by atoms with Gasteiger partial charge in [0, 0.05) is 0 Å². The van der Waals surface area contributed by atoms with E-state index in [1.807, 2.05) is 0 Å². The molecule has 2 aliphatic carbocycles. The summed E-state index contributed by atoms with van der Waals surface area (Å²) in [5.41, 5.74) is 0.157. The average Bonchev–Trinajstić information content (AvgIpc) is 2.57. The highest BCUT2D eigenvalue weighted by molar-refractivity contribution is 7.85. The smallest absolute Gasteiger partial charge is 0.264 e. The van der Waals surface area contributed by atoms with Gasteiger partial charge >= 0.3 is 0 Å². The van der Waals surface area contributed by atoms with Gasteiger partial charge in [0.05, 0.1) is 19.0 Å². The van der Waals surface area contributed by atoms with Crippen molar-refractivity contribution < 1.29 is 17.7 Å². The van der Waals surface area contributed by atoms with Gasteiger partial charge < -0.3 is 5.11 Å². The molecule has 0 aromatic rings. The zero-order valence-electron chi connectivity index (χ0n) is 9.68. The van der Waals surface area contributed by atoms with Gasteiger partial charge in [0.2, 0.25) is 0 Å². The van der Waals surface area contributed by atoms with Crippen molar-refractivity contribution in [3.63, 3.8) is 0 Å². The van der Waals surface area contributed by atoms with Crippen molar-refractivity contribution in [3.05, 3.63) is 0 Å². The number of hydrogen-bond acceptors (Lipinski definition) is 4. The number of fused-ring (bicyclic) bond motifs is 1. The van der Waals surface area contributed by atoms with Crippen LogP contribution in [0, 0.1) is 11.3 Å². The number of hydrogen-bond donors (Lipinski definition) is 1. The summed E-state index contributed by atoms with van der Waals surface area (Å²) in [5, 5.41) is 9.70. The monoisotopic (exact) mass is 248 g/mol. The number of aliphatic hydroxyl groups is 1. The van der Waals surface area contributed by atoms with Crippen LogP contribution in [0.5, 0.6) is 0 Å². The Morgan fingerprint density at radius 2 is 2.25 bits per heavy atom. The highest BCUT2D eigenvalue weighted by Crippen LogP contribution is 2.56. The van der Waals surface area contributed by atoms with Crippen LogP contribution in [-0.2, 0) is 14.3 Å². The van der Waals surface area contributed by atoms with Crippen molar-refractivity contribution in [1.82, 2.24) is 0 Å². The van der Waals surface area contributed by atoms with Crippen LogP contribution >= 0.6 is 0 Å². The molecule has 94 valence electrons. The molecule has 2 fully saturated rings. The first-order valence-corrected chi connectivity index (χ1v) is 7.75. The van der Waals surface area contributed by atoms with Crippen molar-refractivity contribution in [2.75, 3.05) is 12.9 Å². The zero-order chi connectivity index (χ0) is 11.8. The molecule has 2 aliphatic rings. The Balaban J connectivity index is 1.92. The lowest BCUT2D eigenvalue weighted by Gasteiger charge is -2.28. The predicted octanol–water partition coefficient (Wildman–Crippen LogP) is 1.29. The fourth-order valence-corrected chi connectivity index (χ4v) is 3.94. The molecule has 3 atom stereocenters. The third-order valence-corrected chi connectivity index (χ3v) is 4.78. The topological polar surface area (TPSA) is 63.6 Å². The van der Waals surface area contributed by atoms with Gasteiger partial charge in [0.15, 0.2) is 0 Å². The maximum absolute atomic E-state index is 10.9. The molecule has 4 nitrogen and oxygen atoms in total. The zero-order valence-corrected chi connectivity index (χ0v) is 10.5. The second-order valence-electron chi connectivity index (χ2n) is 5.32. The third kappa shape index (κ3) is 2.57. The van der Waals surface area contributed by atoms with Crippen LogP contribution < -0.4 is 0 Å². The van der Waals surface area contributed by atoms with E-state index < -0.39 is 10.1 Å². The Morgan fingerprint density at radius 3 is 2.94 bits per heavy atom. The fraction of sp³-hybridized carbons (Fsp3) is 1.00. The first kappa shape index (κ1) is 12.3. The lowest BCUT2D eigenvalue weighted by atomic mass is 9.78. The van der Waals surface area contributed by atoms with E-state index in [1.54, 1.807) is 0 Å². The Kier molecular flexibility index (Phi) is 3.29. The van der Waals surface area contributed by atoms with E-state index >= 15 is 0 Å². The lowest BCUT2D eigenvalue weighted by Crippen LogP contribution is -2.23. The van der Waals surface area contributed by atoms with Gasteiger partial charge in [-0.15, -0.1) is 0 Å². The summed E-state index contributed by atoms with van der Waals surface area (Å²) in [7, 11) is -3.32. The van der Waals surface area contributed by atoms with Gasteiger partial charge in [-0.1, -0.05) is 6.42 Å². The van der Waals surface area contributed by atoms with E-state index in [2.05, 4.69) is 0 Å². The maximum atomic E-state index is 10.9. The Hall–Kier alpha value is -0.130. The van der Waals surface area contributed by atoms with Gasteiger partial charge in [-0.05, 0) is 43.4 Å². The largest absolute Gasteiger partial charge is 0.393 e. The van der Waals surface area contributed by atoms with Gasteiger partial charge in [-0.3, -0.25) is 4.18 Å².